The highest BCUT2D eigenvalue weighted by Crippen LogP contribution is 2.13. The molecular formula is C21H41N3. The average molecular weight is 336 g/mol. The zero-order valence-electron chi connectivity index (χ0n) is 16.0. The Morgan fingerprint density at radius 3 is 2.21 bits per heavy atom. The van der Waals surface area contributed by atoms with Gasteiger partial charge in [-0.25, -0.2) is 0 Å². The molecule has 0 aliphatic carbocycles. The quantitative estimate of drug-likeness (QED) is 0.297. The SMILES string of the molecule is CCCCCCCCC/C=C/CCCCCC1NC=CN1CCN. The third-order valence-corrected chi connectivity index (χ3v) is 4.83. The first-order valence-corrected chi connectivity index (χ1v) is 10.4. The molecule has 3 N–H and O–H groups in total. The molecule has 1 aliphatic rings. The first kappa shape index (κ1) is 21.1. The Labute approximate surface area is 150 Å². The maximum absolute atomic E-state index is 5.64. The van der Waals surface area contributed by atoms with E-state index in [-0.39, 0.29) is 0 Å². The number of allylic oxidation sites excluding steroid dienone is 2. The van der Waals surface area contributed by atoms with Gasteiger partial charge in [-0.3, -0.25) is 0 Å². The molecule has 0 aromatic heterocycles. The molecule has 1 unspecified atom stereocenters. The molecule has 0 amide bonds. The van der Waals surface area contributed by atoms with Gasteiger partial charge in [0.25, 0.3) is 0 Å². The Kier molecular flexibility index (Phi) is 13.7. The van der Waals surface area contributed by atoms with Crippen molar-refractivity contribution in [3.63, 3.8) is 0 Å². The van der Waals surface area contributed by atoms with E-state index in [9.17, 15) is 0 Å². The van der Waals surface area contributed by atoms with E-state index in [0.29, 0.717) is 6.17 Å². The number of nitrogens with one attached hydrogen (secondary N) is 1. The highest BCUT2D eigenvalue weighted by atomic mass is 15.3. The Morgan fingerprint density at radius 2 is 1.54 bits per heavy atom. The fourth-order valence-corrected chi connectivity index (χ4v) is 3.31. The highest BCUT2D eigenvalue weighted by Gasteiger charge is 2.16. The molecule has 1 aliphatic heterocycles. The summed E-state index contributed by atoms with van der Waals surface area (Å²) in [5.41, 5.74) is 5.64. The van der Waals surface area contributed by atoms with E-state index in [1.54, 1.807) is 0 Å². The predicted molar refractivity (Wildman–Crippen MR) is 107 cm³/mol. The van der Waals surface area contributed by atoms with Crippen molar-refractivity contribution in [3.8, 4) is 0 Å². The second-order valence-corrected chi connectivity index (χ2v) is 7.04. The van der Waals surface area contributed by atoms with E-state index >= 15 is 0 Å². The summed E-state index contributed by atoms with van der Waals surface area (Å²) in [6, 6.07) is 0. The van der Waals surface area contributed by atoms with Crippen molar-refractivity contribution in [1.82, 2.24) is 10.2 Å². The summed E-state index contributed by atoms with van der Waals surface area (Å²) in [5.74, 6) is 0. The lowest BCUT2D eigenvalue weighted by Gasteiger charge is -2.24. The van der Waals surface area contributed by atoms with Gasteiger partial charge >= 0.3 is 0 Å². The van der Waals surface area contributed by atoms with Crippen LogP contribution in [0.4, 0.5) is 0 Å². The molecule has 24 heavy (non-hydrogen) atoms. The molecular weight excluding hydrogens is 294 g/mol. The van der Waals surface area contributed by atoms with Gasteiger partial charge in [0.05, 0.1) is 6.17 Å². The summed E-state index contributed by atoms with van der Waals surface area (Å²) in [6.45, 7) is 3.96. The monoisotopic (exact) mass is 335 g/mol. The van der Waals surface area contributed by atoms with Gasteiger partial charge in [-0.2, -0.15) is 0 Å². The van der Waals surface area contributed by atoms with Gasteiger partial charge < -0.3 is 16.0 Å². The summed E-state index contributed by atoms with van der Waals surface area (Å²) in [4.78, 5) is 2.32. The maximum Gasteiger partial charge on any atom is 0.0981 e. The normalized spacial score (nSPS) is 17.1. The van der Waals surface area contributed by atoms with Crippen molar-refractivity contribution < 1.29 is 0 Å². The first-order chi connectivity index (χ1) is 11.9. The minimum absolute atomic E-state index is 0.474. The topological polar surface area (TPSA) is 41.3 Å². The van der Waals surface area contributed by atoms with Crippen molar-refractivity contribution in [2.24, 2.45) is 5.73 Å². The van der Waals surface area contributed by atoms with E-state index in [0.717, 1.165) is 13.1 Å². The van der Waals surface area contributed by atoms with Crippen molar-refractivity contribution in [3.05, 3.63) is 24.6 Å². The second kappa shape index (κ2) is 15.6. The molecule has 1 heterocycles. The molecule has 3 nitrogen and oxygen atoms in total. The molecule has 0 saturated carbocycles. The molecule has 1 atom stereocenters. The van der Waals surface area contributed by atoms with Crippen LogP contribution in [0.5, 0.6) is 0 Å². The number of rotatable bonds is 16. The Balaban J connectivity index is 1.83. The largest absolute Gasteiger partial charge is 0.370 e. The van der Waals surface area contributed by atoms with Crippen molar-refractivity contribution in [1.29, 1.82) is 0 Å². The Hall–Kier alpha value is -0.960. The second-order valence-electron chi connectivity index (χ2n) is 7.04. The molecule has 0 aromatic carbocycles. The fraction of sp³-hybridized carbons (Fsp3) is 0.810. The van der Waals surface area contributed by atoms with Gasteiger partial charge in [0.1, 0.15) is 0 Å². The molecule has 0 radical (unpaired) electrons. The minimum Gasteiger partial charge on any atom is -0.370 e. The fourth-order valence-electron chi connectivity index (χ4n) is 3.31. The summed E-state index contributed by atoms with van der Waals surface area (Å²) in [6.07, 6.45) is 27.0. The van der Waals surface area contributed by atoms with Gasteiger partial charge in [-0.1, -0.05) is 64.0 Å². The first-order valence-electron chi connectivity index (χ1n) is 10.4. The van der Waals surface area contributed by atoms with E-state index in [4.69, 9.17) is 5.73 Å². The number of unbranched alkanes of at least 4 members (excludes halogenated alkanes) is 10. The predicted octanol–water partition coefficient (Wildman–Crippen LogP) is 5.30. The summed E-state index contributed by atoms with van der Waals surface area (Å²) in [5, 5.41) is 3.41. The third-order valence-electron chi connectivity index (χ3n) is 4.83. The van der Waals surface area contributed by atoms with Crippen LogP contribution in [0.25, 0.3) is 0 Å². The van der Waals surface area contributed by atoms with E-state index in [1.165, 1.54) is 83.5 Å². The number of nitrogens with zero attached hydrogens (tertiary/aromatic N) is 1. The number of nitrogens with two attached hydrogens (primary N) is 1. The van der Waals surface area contributed by atoms with Crippen LogP contribution < -0.4 is 11.1 Å². The summed E-state index contributed by atoms with van der Waals surface area (Å²) < 4.78 is 0. The number of hydrogen-bond donors (Lipinski definition) is 2. The molecule has 0 fully saturated rings. The van der Waals surface area contributed by atoms with E-state index in [2.05, 4.69) is 35.5 Å². The van der Waals surface area contributed by atoms with Crippen LogP contribution in [0.15, 0.2) is 24.6 Å². The van der Waals surface area contributed by atoms with E-state index < -0.39 is 0 Å². The van der Waals surface area contributed by atoms with Crippen molar-refractivity contribution >= 4 is 0 Å². The average Bonchev–Trinajstić information content (AvgIpc) is 3.03. The maximum atomic E-state index is 5.64. The molecule has 0 spiro atoms. The third kappa shape index (κ3) is 10.7. The van der Waals surface area contributed by atoms with Crippen LogP contribution in [-0.2, 0) is 0 Å². The van der Waals surface area contributed by atoms with Gasteiger partial charge in [0.15, 0.2) is 0 Å². The molecule has 0 aromatic rings. The Bertz CT molecular complexity index is 325. The minimum atomic E-state index is 0.474. The lowest BCUT2D eigenvalue weighted by atomic mass is 10.1. The lowest BCUT2D eigenvalue weighted by molar-refractivity contribution is 0.264. The van der Waals surface area contributed by atoms with Crippen molar-refractivity contribution in [2.45, 2.75) is 96.6 Å². The summed E-state index contributed by atoms with van der Waals surface area (Å²) in [7, 11) is 0. The zero-order valence-corrected chi connectivity index (χ0v) is 16.0. The lowest BCUT2D eigenvalue weighted by Crippen LogP contribution is -2.37. The Morgan fingerprint density at radius 1 is 0.917 bits per heavy atom. The van der Waals surface area contributed by atoms with Crippen LogP contribution in [0.3, 0.4) is 0 Å². The van der Waals surface area contributed by atoms with Gasteiger partial charge in [0.2, 0.25) is 0 Å². The van der Waals surface area contributed by atoms with Gasteiger partial charge in [-0.15, -0.1) is 0 Å². The van der Waals surface area contributed by atoms with Crippen LogP contribution in [0.2, 0.25) is 0 Å². The summed E-state index contributed by atoms with van der Waals surface area (Å²) >= 11 is 0. The standard InChI is InChI=1S/C21H41N3/c1-2-3-4-5-6-7-8-9-10-11-12-13-14-15-16-21-23-18-20-24(21)19-17-22/h10-11,18,20-21,23H,2-9,12-17,19,22H2,1H3/b11-10+. The zero-order chi connectivity index (χ0) is 17.3. The number of hydrogen-bond acceptors (Lipinski definition) is 3. The smallest absolute Gasteiger partial charge is 0.0981 e. The van der Waals surface area contributed by atoms with Crippen LogP contribution in [-0.4, -0.2) is 24.2 Å². The van der Waals surface area contributed by atoms with Crippen LogP contribution >= 0.6 is 0 Å². The molecule has 3 heteroatoms. The molecule has 140 valence electrons. The van der Waals surface area contributed by atoms with Crippen LogP contribution in [0.1, 0.15) is 90.4 Å². The van der Waals surface area contributed by atoms with Gasteiger partial charge in [-0.05, 0) is 38.5 Å². The van der Waals surface area contributed by atoms with Gasteiger partial charge in [0, 0.05) is 25.5 Å². The molecule has 0 saturated heterocycles. The highest BCUT2D eigenvalue weighted by molar-refractivity contribution is 4.94. The molecule has 1 rings (SSSR count). The molecule has 0 bridgehead atoms. The van der Waals surface area contributed by atoms with Crippen molar-refractivity contribution in [2.75, 3.05) is 13.1 Å². The van der Waals surface area contributed by atoms with Crippen LogP contribution in [0, 0.1) is 0 Å². The van der Waals surface area contributed by atoms with E-state index in [1.807, 2.05) is 6.20 Å².